The van der Waals surface area contributed by atoms with E-state index in [1.807, 2.05) is 24.3 Å². The topological polar surface area (TPSA) is 58.1 Å². The van der Waals surface area contributed by atoms with E-state index in [-0.39, 0.29) is 5.91 Å². The Bertz CT molecular complexity index is 891. The van der Waals surface area contributed by atoms with Crippen molar-refractivity contribution in [1.29, 1.82) is 0 Å². The molecule has 2 heterocycles. The lowest BCUT2D eigenvalue weighted by atomic mass is 9.96. The molecule has 1 N–H and O–H groups in total. The maximum absolute atomic E-state index is 12.6. The number of aryl methyl sites for hydroxylation is 1. The first-order valence-corrected chi connectivity index (χ1v) is 8.81. The maximum Gasteiger partial charge on any atom is 0.243 e. The molecular formula is C18H18N4OS. The number of amides is 1. The Labute approximate surface area is 144 Å². The molecule has 0 fully saturated rings. The van der Waals surface area contributed by atoms with E-state index < -0.39 is 0 Å². The number of anilines is 2. The zero-order valence-electron chi connectivity index (χ0n) is 13.4. The van der Waals surface area contributed by atoms with Crippen LogP contribution in [-0.2, 0) is 11.2 Å². The summed E-state index contributed by atoms with van der Waals surface area (Å²) in [5, 5.41) is 2.99. The Hall–Kier alpha value is -2.47. The molecule has 5 nitrogen and oxygen atoms in total. The average molecular weight is 338 g/mol. The summed E-state index contributed by atoms with van der Waals surface area (Å²) in [6, 6.07) is 14.3. The number of hydrogen-bond donors (Lipinski definition) is 1. The Kier molecular flexibility index (Phi) is 3.90. The van der Waals surface area contributed by atoms with Crippen molar-refractivity contribution >= 4 is 40.0 Å². The predicted molar refractivity (Wildman–Crippen MR) is 97.6 cm³/mol. The first-order chi connectivity index (χ1) is 11.7. The van der Waals surface area contributed by atoms with Crippen LogP contribution in [0.1, 0.15) is 18.9 Å². The summed E-state index contributed by atoms with van der Waals surface area (Å²) in [4.78, 5) is 14.8. The molecule has 122 valence electrons. The van der Waals surface area contributed by atoms with Crippen LogP contribution in [0, 0.1) is 0 Å². The molecule has 1 aromatic heterocycles. The van der Waals surface area contributed by atoms with E-state index in [1.54, 1.807) is 0 Å². The highest BCUT2D eigenvalue weighted by atomic mass is 32.1. The summed E-state index contributed by atoms with van der Waals surface area (Å²) in [5.41, 5.74) is 4.77. The van der Waals surface area contributed by atoms with Crippen molar-refractivity contribution in [2.24, 2.45) is 0 Å². The molecule has 0 radical (unpaired) electrons. The van der Waals surface area contributed by atoms with Gasteiger partial charge in [-0.2, -0.15) is 8.75 Å². The third-order valence-corrected chi connectivity index (χ3v) is 5.08. The van der Waals surface area contributed by atoms with E-state index in [0.717, 1.165) is 41.3 Å². The van der Waals surface area contributed by atoms with Crippen molar-refractivity contribution in [1.82, 2.24) is 8.75 Å². The van der Waals surface area contributed by atoms with Gasteiger partial charge in [-0.15, -0.1) is 0 Å². The zero-order valence-corrected chi connectivity index (χ0v) is 14.2. The van der Waals surface area contributed by atoms with E-state index in [1.165, 1.54) is 11.3 Å². The highest BCUT2D eigenvalue weighted by Gasteiger charge is 2.24. The third kappa shape index (κ3) is 2.73. The second-order valence-electron chi connectivity index (χ2n) is 6.13. The smallest absolute Gasteiger partial charge is 0.243 e. The van der Waals surface area contributed by atoms with Crippen LogP contribution >= 0.6 is 11.7 Å². The minimum absolute atomic E-state index is 0.0287. The van der Waals surface area contributed by atoms with E-state index >= 15 is 0 Å². The van der Waals surface area contributed by atoms with Gasteiger partial charge in [-0.1, -0.05) is 24.3 Å². The van der Waals surface area contributed by atoms with Gasteiger partial charge in [0, 0.05) is 11.7 Å². The fourth-order valence-electron chi connectivity index (χ4n) is 3.25. The lowest BCUT2D eigenvalue weighted by molar-refractivity contribution is -0.115. The predicted octanol–water partition coefficient (Wildman–Crippen LogP) is 3.47. The molecule has 1 aliphatic heterocycles. The standard InChI is InChI=1S/C18H18N4OS/c1-12-9-10-13-5-2-3-8-16(13)22(12)11-17(23)19-14-6-4-7-15-18(14)21-24-20-15/h2-8,12H,9-11H2,1H3,(H,19,23). The van der Waals surface area contributed by atoms with Gasteiger partial charge in [0.2, 0.25) is 5.91 Å². The average Bonchev–Trinajstić information content (AvgIpc) is 3.07. The zero-order chi connectivity index (χ0) is 16.5. The summed E-state index contributed by atoms with van der Waals surface area (Å²) < 4.78 is 8.48. The maximum atomic E-state index is 12.6. The van der Waals surface area contributed by atoms with Gasteiger partial charge in [-0.05, 0) is 43.5 Å². The number of carbonyl (C=O) groups is 1. The van der Waals surface area contributed by atoms with Crippen molar-refractivity contribution in [2.45, 2.75) is 25.8 Å². The van der Waals surface area contributed by atoms with Gasteiger partial charge in [0.25, 0.3) is 0 Å². The molecule has 24 heavy (non-hydrogen) atoms. The van der Waals surface area contributed by atoms with Crippen LogP contribution in [0.5, 0.6) is 0 Å². The van der Waals surface area contributed by atoms with Gasteiger partial charge in [0.15, 0.2) is 0 Å². The largest absolute Gasteiger partial charge is 0.359 e. The summed E-state index contributed by atoms with van der Waals surface area (Å²) in [6.45, 7) is 2.51. The summed E-state index contributed by atoms with van der Waals surface area (Å²) in [6.07, 6.45) is 2.13. The van der Waals surface area contributed by atoms with Crippen molar-refractivity contribution < 1.29 is 4.79 Å². The molecule has 1 aliphatic rings. The summed E-state index contributed by atoms with van der Waals surface area (Å²) in [7, 11) is 0. The molecule has 6 heteroatoms. The molecule has 0 bridgehead atoms. The van der Waals surface area contributed by atoms with Crippen LogP contribution in [0.25, 0.3) is 11.0 Å². The summed E-state index contributed by atoms with van der Waals surface area (Å²) in [5.74, 6) is -0.0287. The molecule has 0 spiro atoms. The second kappa shape index (κ2) is 6.20. The molecule has 3 aromatic rings. The number of hydrogen-bond acceptors (Lipinski definition) is 5. The fraction of sp³-hybridized carbons (Fsp3) is 0.278. The Morgan fingerprint density at radius 1 is 1.25 bits per heavy atom. The van der Waals surface area contributed by atoms with Crippen LogP contribution in [-0.4, -0.2) is 27.2 Å². The summed E-state index contributed by atoms with van der Waals surface area (Å²) >= 11 is 1.16. The van der Waals surface area contributed by atoms with Gasteiger partial charge in [0.1, 0.15) is 11.0 Å². The number of carbonyl (C=O) groups excluding carboxylic acids is 1. The highest BCUT2D eigenvalue weighted by molar-refractivity contribution is 7.00. The number of para-hydroxylation sites is 1. The molecule has 1 amide bonds. The molecule has 0 saturated heterocycles. The van der Waals surface area contributed by atoms with Gasteiger partial charge < -0.3 is 10.2 Å². The van der Waals surface area contributed by atoms with E-state index in [2.05, 4.69) is 44.1 Å². The number of aromatic nitrogens is 2. The Balaban J connectivity index is 1.55. The molecular weight excluding hydrogens is 320 g/mol. The van der Waals surface area contributed by atoms with Gasteiger partial charge in [-0.25, -0.2) is 0 Å². The van der Waals surface area contributed by atoms with E-state index in [9.17, 15) is 4.79 Å². The van der Waals surface area contributed by atoms with E-state index in [4.69, 9.17) is 0 Å². The molecule has 2 aromatic carbocycles. The number of rotatable bonds is 3. The quantitative estimate of drug-likeness (QED) is 0.794. The normalized spacial score (nSPS) is 16.9. The Morgan fingerprint density at radius 3 is 3.04 bits per heavy atom. The number of nitrogens with zero attached hydrogens (tertiary/aromatic N) is 3. The monoisotopic (exact) mass is 338 g/mol. The fourth-order valence-corrected chi connectivity index (χ4v) is 3.80. The van der Waals surface area contributed by atoms with Crippen molar-refractivity contribution in [3.63, 3.8) is 0 Å². The van der Waals surface area contributed by atoms with Gasteiger partial charge in [0.05, 0.1) is 24.0 Å². The van der Waals surface area contributed by atoms with Crippen LogP contribution in [0.2, 0.25) is 0 Å². The van der Waals surface area contributed by atoms with Crippen molar-refractivity contribution in [3.05, 3.63) is 48.0 Å². The number of nitrogens with one attached hydrogen (secondary N) is 1. The lowest BCUT2D eigenvalue weighted by Gasteiger charge is -2.36. The third-order valence-electron chi connectivity index (χ3n) is 4.54. The Morgan fingerprint density at radius 2 is 2.12 bits per heavy atom. The highest BCUT2D eigenvalue weighted by Crippen LogP contribution is 2.30. The number of benzene rings is 2. The minimum atomic E-state index is -0.0287. The van der Waals surface area contributed by atoms with Gasteiger partial charge in [-0.3, -0.25) is 4.79 Å². The van der Waals surface area contributed by atoms with Crippen LogP contribution in [0.3, 0.4) is 0 Å². The van der Waals surface area contributed by atoms with Gasteiger partial charge >= 0.3 is 0 Å². The molecule has 1 atom stereocenters. The first-order valence-electron chi connectivity index (χ1n) is 8.08. The van der Waals surface area contributed by atoms with Crippen LogP contribution in [0.4, 0.5) is 11.4 Å². The lowest BCUT2D eigenvalue weighted by Crippen LogP contribution is -2.42. The van der Waals surface area contributed by atoms with Crippen molar-refractivity contribution in [2.75, 3.05) is 16.8 Å². The molecule has 0 aliphatic carbocycles. The second-order valence-corrected chi connectivity index (χ2v) is 6.66. The SMILES string of the molecule is CC1CCc2ccccc2N1CC(=O)Nc1cccc2nsnc12. The van der Waals surface area contributed by atoms with Crippen LogP contribution in [0.15, 0.2) is 42.5 Å². The first kappa shape index (κ1) is 15.1. The van der Waals surface area contributed by atoms with Crippen LogP contribution < -0.4 is 10.2 Å². The molecule has 1 unspecified atom stereocenters. The minimum Gasteiger partial charge on any atom is -0.359 e. The number of fused-ring (bicyclic) bond motifs is 2. The van der Waals surface area contributed by atoms with E-state index in [0.29, 0.717) is 12.6 Å². The molecule has 4 rings (SSSR count). The molecule has 0 saturated carbocycles. The van der Waals surface area contributed by atoms with Crippen molar-refractivity contribution in [3.8, 4) is 0 Å².